The first-order chi connectivity index (χ1) is 9.58. The van der Waals surface area contributed by atoms with E-state index in [0.29, 0.717) is 18.1 Å². The lowest BCUT2D eigenvalue weighted by Crippen LogP contribution is -2.07. The summed E-state index contributed by atoms with van der Waals surface area (Å²) >= 11 is 3.43. The Labute approximate surface area is 125 Å². The van der Waals surface area contributed by atoms with Gasteiger partial charge in [0.2, 0.25) is 5.88 Å². The monoisotopic (exact) mass is 338 g/mol. The van der Waals surface area contributed by atoms with E-state index in [1.165, 1.54) is 13.3 Å². The van der Waals surface area contributed by atoms with Crippen LogP contribution in [-0.4, -0.2) is 29.5 Å². The van der Waals surface area contributed by atoms with E-state index in [0.717, 1.165) is 15.7 Å². The number of rotatable bonds is 4. The van der Waals surface area contributed by atoms with Crippen LogP contribution in [0.4, 0.5) is 0 Å². The molecular formula is C14H15BrN2O3. The minimum Gasteiger partial charge on any atom is -0.480 e. The summed E-state index contributed by atoms with van der Waals surface area (Å²) in [6.45, 7) is 4.03. The summed E-state index contributed by atoms with van der Waals surface area (Å²) in [5.41, 5.74) is 2.17. The maximum Gasteiger partial charge on any atom is 0.345 e. The molecule has 0 bridgehead atoms. The number of hydrogen-bond donors (Lipinski definition) is 0. The van der Waals surface area contributed by atoms with E-state index in [4.69, 9.17) is 9.47 Å². The highest BCUT2D eigenvalue weighted by atomic mass is 79.9. The predicted molar refractivity (Wildman–Crippen MR) is 78.5 cm³/mol. The summed E-state index contributed by atoms with van der Waals surface area (Å²) in [5.74, 6) is -0.0760. The van der Waals surface area contributed by atoms with Gasteiger partial charge in [0.15, 0.2) is 0 Å². The summed E-state index contributed by atoms with van der Waals surface area (Å²) in [7, 11) is 1.50. The van der Waals surface area contributed by atoms with E-state index in [-0.39, 0.29) is 0 Å². The molecule has 0 aliphatic heterocycles. The quantitative estimate of drug-likeness (QED) is 0.803. The molecule has 0 saturated heterocycles. The molecule has 5 nitrogen and oxygen atoms in total. The first kappa shape index (κ1) is 14.6. The van der Waals surface area contributed by atoms with Crippen molar-refractivity contribution in [2.45, 2.75) is 13.8 Å². The number of hydrogen-bond acceptors (Lipinski definition) is 4. The molecule has 1 aromatic heterocycles. The third kappa shape index (κ3) is 2.70. The number of aryl methyl sites for hydroxylation is 1. The lowest BCUT2D eigenvalue weighted by molar-refractivity contribution is 0.0522. The maximum atomic E-state index is 11.9. The summed E-state index contributed by atoms with van der Waals surface area (Å²) in [4.78, 5) is 11.9. The van der Waals surface area contributed by atoms with Crippen molar-refractivity contribution in [3.63, 3.8) is 0 Å². The first-order valence-electron chi connectivity index (χ1n) is 6.14. The van der Waals surface area contributed by atoms with Gasteiger partial charge in [0.1, 0.15) is 5.56 Å². The predicted octanol–water partition coefficient (Wildman–Crippen LogP) is 3.13. The standard InChI is InChI=1S/C14H15BrN2O3/c1-4-20-14(18)11-8-16-17(13(11)19-3)12-7-10(15)6-5-9(12)2/h5-8H,4H2,1-3H3. The topological polar surface area (TPSA) is 53.3 Å². The maximum absolute atomic E-state index is 11.9. The second kappa shape index (κ2) is 6.09. The molecule has 0 unspecified atom stereocenters. The van der Waals surface area contributed by atoms with E-state index >= 15 is 0 Å². The van der Waals surface area contributed by atoms with Crippen LogP contribution in [0.2, 0.25) is 0 Å². The van der Waals surface area contributed by atoms with Crippen molar-refractivity contribution in [1.82, 2.24) is 9.78 Å². The lowest BCUT2D eigenvalue weighted by atomic mass is 10.2. The van der Waals surface area contributed by atoms with Crippen LogP contribution in [0.15, 0.2) is 28.9 Å². The second-order valence-corrected chi connectivity index (χ2v) is 5.05. The molecule has 1 heterocycles. The molecular weight excluding hydrogens is 324 g/mol. The Bertz CT molecular complexity index is 637. The van der Waals surface area contributed by atoms with Crippen molar-refractivity contribution in [2.75, 3.05) is 13.7 Å². The Morgan fingerprint density at radius 1 is 1.45 bits per heavy atom. The first-order valence-corrected chi connectivity index (χ1v) is 6.93. The zero-order chi connectivity index (χ0) is 14.7. The van der Waals surface area contributed by atoms with Crippen molar-refractivity contribution < 1.29 is 14.3 Å². The average Bonchev–Trinajstić information content (AvgIpc) is 2.85. The number of nitrogens with zero attached hydrogens (tertiary/aromatic N) is 2. The highest BCUT2D eigenvalue weighted by Crippen LogP contribution is 2.27. The Morgan fingerprint density at radius 2 is 2.20 bits per heavy atom. The van der Waals surface area contributed by atoms with Gasteiger partial charge in [0.05, 0.1) is 25.6 Å². The molecule has 6 heteroatoms. The molecule has 0 radical (unpaired) electrons. The van der Waals surface area contributed by atoms with Crippen LogP contribution < -0.4 is 4.74 Å². The Kier molecular flexibility index (Phi) is 4.44. The Balaban J connectivity index is 2.53. The van der Waals surface area contributed by atoms with Crippen LogP contribution in [0.3, 0.4) is 0 Å². The fraction of sp³-hybridized carbons (Fsp3) is 0.286. The third-order valence-electron chi connectivity index (χ3n) is 2.81. The van der Waals surface area contributed by atoms with Gasteiger partial charge in [-0.2, -0.15) is 5.10 Å². The van der Waals surface area contributed by atoms with Crippen LogP contribution in [-0.2, 0) is 4.74 Å². The molecule has 0 N–H and O–H groups in total. The van der Waals surface area contributed by atoms with E-state index in [1.54, 1.807) is 11.6 Å². The third-order valence-corrected chi connectivity index (χ3v) is 3.31. The molecule has 2 aromatic rings. The van der Waals surface area contributed by atoms with Gasteiger partial charge in [-0.05, 0) is 31.5 Å². The minimum atomic E-state index is -0.441. The highest BCUT2D eigenvalue weighted by Gasteiger charge is 2.21. The van der Waals surface area contributed by atoms with Crippen molar-refractivity contribution in [1.29, 1.82) is 0 Å². The molecule has 0 atom stereocenters. The summed E-state index contributed by atoms with van der Waals surface area (Å²) in [6.07, 6.45) is 1.46. The minimum absolute atomic E-state index is 0.309. The molecule has 106 valence electrons. The van der Waals surface area contributed by atoms with Gasteiger partial charge < -0.3 is 9.47 Å². The fourth-order valence-electron chi connectivity index (χ4n) is 1.86. The SMILES string of the molecule is CCOC(=O)c1cnn(-c2cc(Br)ccc2C)c1OC. The van der Waals surface area contributed by atoms with E-state index in [1.807, 2.05) is 25.1 Å². The summed E-state index contributed by atoms with van der Waals surface area (Å²) in [6, 6.07) is 5.82. The Hall–Kier alpha value is -1.82. The zero-order valence-electron chi connectivity index (χ0n) is 11.5. The number of esters is 1. The van der Waals surface area contributed by atoms with Gasteiger partial charge >= 0.3 is 5.97 Å². The van der Waals surface area contributed by atoms with Crippen molar-refractivity contribution in [2.24, 2.45) is 0 Å². The number of methoxy groups -OCH3 is 1. The normalized spacial score (nSPS) is 10.4. The Morgan fingerprint density at radius 3 is 2.85 bits per heavy atom. The van der Waals surface area contributed by atoms with Gasteiger partial charge in [-0.15, -0.1) is 0 Å². The van der Waals surface area contributed by atoms with Crippen LogP contribution in [0.25, 0.3) is 5.69 Å². The van der Waals surface area contributed by atoms with Crippen LogP contribution >= 0.6 is 15.9 Å². The van der Waals surface area contributed by atoms with Crippen LogP contribution in [0.1, 0.15) is 22.8 Å². The molecule has 0 aliphatic rings. The second-order valence-electron chi connectivity index (χ2n) is 4.13. The lowest BCUT2D eigenvalue weighted by Gasteiger charge is -2.10. The van der Waals surface area contributed by atoms with Crippen LogP contribution in [0, 0.1) is 6.92 Å². The van der Waals surface area contributed by atoms with Gasteiger partial charge in [0.25, 0.3) is 0 Å². The largest absolute Gasteiger partial charge is 0.480 e. The van der Waals surface area contributed by atoms with Crippen molar-refractivity contribution in [3.8, 4) is 11.6 Å². The molecule has 0 amide bonds. The fourth-order valence-corrected chi connectivity index (χ4v) is 2.21. The van der Waals surface area contributed by atoms with Gasteiger partial charge in [-0.3, -0.25) is 0 Å². The number of ether oxygens (including phenoxy) is 2. The molecule has 2 rings (SSSR count). The van der Waals surface area contributed by atoms with Crippen molar-refractivity contribution >= 4 is 21.9 Å². The zero-order valence-corrected chi connectivity index (χ0v) is 13.1. The number of carbonyl (C=O) groups is 1. The van der Waals surface area contributed by atoms with E-state index in [9.17, 15) is 4.79 Å². The number of carbonyl (C=O) groups excluding carboxylic acids is 1. The van der Waals surface area contributed by atoms with E-state index < -0.39 is 5.97 Å². The number of benzene rings is 1. The summed E-state index contributed by atoms with van der Waals surface area (Å²) in [5, 5.41) is 4.23. The number of aromatic nitrogens is 2. The molecule has 0 saturated carbocycles. The molecule has 0 aliphatic carbocycles. The highest BCUT2D eigenvalue weighted by molar-refractivity contribution is 9.10. The van der Waals surface area contributed by atoms with E-state index in [2.05, 4.69) is 21.0 Å². The molecule has 0 spiro atoms. The average molecular weight is 339 g/mol. The molecule has 0 fully saturated rings. The van der Waals surface area contributed by atoms with Gasteiger partial charge in [-0.25, -0.2) is 9.48 Å². The van der Waals surface area contributed by atoms with Gasteiger partial charge in [-0.1, -0.05) is 22.0 Å². The van der Waals surface area contributed by atoms with Gasteiger partial charge in [0, 0.05) is 4.47 Å². The summed E-state index contributed by atoms with van der Waals surface area (Å²) < 4.78 is 12.8. The van der Waals surface area contributed by atoms with Crippen LogP contribution in [0.5, 0.6) is 5.88 Å². The number of halogens is 1. The van der Waals surface area contributed by atoms with Crippen molar-refractivity contribution in [3.05, 3.63) is 40.0 Å². The smallest absolute Gasteiger partial charge is 0.345 e. The molecule has 20 heavy (non-hydrogen) atoms. The molecule has 1 aromatic carbocycles.